The molecule has 0 unspecified atom stereocenters. The third-order valence-corrected chi connectivity index (χ3v) is 3.78. The Morgan fingerprint density at radius 3 is 2.75 bits per heavy atom. The minimum Gasteiger partial charge on any atom is -0.451 e. The molecule has 5 nitrogen and oxygen atoms in total. The highest BCUT2D eigenvalue weighted by molar-refractivity contribution is 5.96. The Labute approximate surface area is 116 Å². The van der Waals surface area contributed by atoms with Gasteiger partial charge in [-0.2, -0.15) is 0 Å². The van der Waals surface area contributed by atoms with Crippen LogP contribution < -0.4 is 5.32 Å². The van der Waals surface area contributed by atoms with E-state index in [1.807, 2.05) is 24.3 Å². The van der Waals surface area contributed by atoms with Crippen molar-refractivity contribution >= 4 is 16.9 Å². The number of furan rings is 1. The summed E-state index contributed by atoms with van der Waals surface area (Å²) in [5.74, 6) is -0.0253. The van der Waals surface area contributed by atoms with Gasteiger partial charge < -0.3 is 19.6 Å². The molecule has 20 heavy (non-hydrogen) atoms. The summed E-state index contributed by atoms with van der Waals surface area (Å²) in [5.41, 5.74) is 0.0802. The second kappa shape index (κ2) is 5.26. The summed E-state index contributed by atoms with van der Waals surface area (Å²) in [7, 11) is 0. The van der Waals surface area contributed by atoms with Gasteiger partial charge in [-0.15, -0.1) is 0 Å². The van der Waals surface area contributed by atoms with Crippen LogP contribution in [0.25, 0.3) is 11.0 Å². The number of nitrogens with one attached hydrogen (secondary N) is 1. The van der Waals surface area contributed by atoms with Gasteiger partial charge in [0.15, 0.2) is 5.76 Å². The first-order valence-electron chi connectivity index (χ1n) is 6.72. The zero-order valence-electron chi connectivity index (χ0n) is 11.1. The lowest BCUT2D eigenvalue weighted by atomic mass is 9.91. The first-order chi connectivity index (χ1) is 9.72. The molecule has 0 aliphatic carbocycles. The molecule has 1 amide bonds. The SMILES string of the molecule is O=C(NC1(CO)CCOCC1)c1cc2ccccc2o1. The van der Waals surface area contributed by atoms with Crippen molar-refractivity contribution in [2.24, 2.45) is 0 Å². The lowest BCUT2D eigenvalue weighted by Crippen LogP contribution is -2.54. The maximum atomic E-state index is 12.3. The van der Waals surface area contributed by atoms with E-state index in [4.69, 9.17) is 9.15 Å². The van der Waals surface area contributed by atoms with Gasteiger partial charge in [-0.05, 0) is 25.0 Å². The predicted molar refractivity (Wildman–Crippen MR) is 73.6 cm³/mol. The van der Waals surface area contributed by atoms with Gasteiger partial charge in [0.25, 0.3) is 5.91 Å². The summed E-state index contributed by atoms with van der Waals surface area (Å²) in [4.78, 5) is 12.3. The third kappa shape index (κ3) is 2.42. The van der Waals surface area contributed by atoms with Crippen LogP contribution in [-0.2, 0) is 4.74 Å². The summed E-state index contributed by atoms with van der Waals surface area (Å²) in [6.45, 7) is 0.990. The van der Waals surface area contributed by atoms with Gasteiger partial charge in [0, 0.05) is 18.6 Å². The Morgan fingerprint density at radius 1 is 1.30 bits per heavy atom. The monoisotopic (exact) mass is 275 g/mol. The summed E-state index contributed by atoms with van der Waals surface area (Å²) < 4.78 is 10.8. The fraction of sp³-hybridized carbons (Fsp3) is 0.400. The number of fused-ring (bicyclic) bond motifs is 1. The van der Waals surface area contributed by atoms with Crippen molar-refractivity contribution in [2.75, 3.05) is 19.8 Å². The van der Waals surface area contributed by atoms with Gasteiger partial charge >= 0.3 is 0 Å². The van der Waals surface area contributed by atoms with Crippen LogP contribution in [0.5, 0.6) is 0 Å². The summed E-state index contributed by atoms with van der Waals surface area (Å²) in [5, 5.41) is 13.4. The molecule has 1 fully saturated rings. The average molecular weight is 275 g/mol. The third-order valence-electron chi connectivity index (χ3n) is 3.78. The minimum absolute atomic E-state index is 0.0949. The fourth-order valence-electron chi connectivity index (χ4n) is 2.48. The van der Waals surface area contributed by atoms with Crippen molar-refractivity contribution in [3.63, 3.8) is 0 Å². The van der Waals surface area contributed by atoms with E-state index in [-0.39, 0.29) is 18.3 Å². The van der Waals surface area contributed by atoms with Crippen LogP contribution in [0.2, 0.25) is 0 Å². The molecule has 2 N–H and O–H groups in total. The van der Waals surface area contributed by atoms with E-state index in [2.05, 4.69) is 5.32 Å². The number of aliphatic hydroxyl groups is 1. The predicted octanol–water partition coefficient (Wildman–Crippen LogP) is 1.70. The molecule has 1 aliphatic rings. The van der Waals surface area contributed by atoms with Crippen molar-refractivity contribution in [3.8, 4) is 0 Å². The molecule has 106 valence electrons. The van der Waals surface area contributed by atoms with E-state index in [0.29, 0.717) is 31.6 Å². The zero-order valence-corrected chi connectivity index (χ0v) is 11.1. The Hall–Kier alpha value is -1.85. The molecule has 2 aromatic rings. The Morgan fingerprint density at radius 2 is 2.05 bits per heavy atom. The van der Waals surface area contributed by atoms with Gasteiger partial charge in [0.2, 0.25) is 0 Å². The van der Waals surface area contributed by atoms with Crippen LogP contribution in [0.15, 0.2) is 34.7 Å². The molecule has 1 aromatic heterocycles. The summed E-state index contributed by atoms with van der Waals surface area (Å²) in [6, 6.07) is 9.19. The molecule has 0 spiro atoms. The molecule has 1 aromatic carbocycles. The Bertz CT molecular complexity index is 580. The number of rotatable bonds is 3. The topological polar surface area (TPSA) is 71.7 Å². The molecular weight excluding hydrogens is 258 g/mol. The van der Waals surface area contributed by atoms with Gasteiger partial charge in [0.1, 0.15) is 5.58 Å². The number of hydrogen-bond donors (Lipinski definition) is 2. The second-order valence-electron chi connectivity index (χ2n) is 5.15. The minimum atomic E-state index is -0.603. The van der Waals surface area contributed by atoms with Crippen molar-refractivity contribution < 1.29 is 19.1 Å². The van der Waals surface area contributed by atoms with Crippen molar-refractivity contribution in [1.82, 2.24) is 5.32 Å². The van der Waals surface area contributed by atoms with Crippen LogP contribution >= 0.6 is 0 Å². The quantitative estimate of drug-likeness (QED) is 0.894. The van der Waals surface area contributed by atoms with Crippen LogP contribution in [0.1, 0.15) is 23.4 Å². The standard InChI is InChI=1S/C15H17NO4/c17-10-15(5-7-19-8-6-15)16-14(18)13-9-11-3-1-2-4-12(11)20-13/h1-4,9,17H,5-8,10H2,(H,16,18). The van der Waals surface area contributed by atoms with E-state index >= 15 is 0 Å². The number of amides is 1. The van der Waals surface area contributed by atoms with Crippen LogP contribution in [-0.4, -0.2) is 36.4 Å². The lowest BCUT2D eigenvalue weighted by Gasteiger charge is -2.35. The van der Waals surface area contributed by atoms with Crippen LogP contribution in [0, 0.1) is 0 Å². The average Bonchev–Trinajstić information content (AvgIpc) is 2.92. The number of hydrogen-bond acceptors (Lipinski definition) is 4. The van der Waals surface area contributed by atoms with E-state index < -0.39 is 5.54 Å². The van der Waals surface area contributed by atoms with E-state index in [0.717, 1.165) is 5.39 Å². The molecule has 1 aliphatic heterocycles. The maximum Gasteiger partial charge on any atom is 0.287 e. The molecule has 0 bridgehead atoms. The van der Waals surface area contributed by atoms with Gasteiger partial charge in [-0.1, -0.05) is 18.2 Å². The normalized spacial score (nSPS) is 18.1. The zero-order chi connectivity index (χ0) is 14.0. The number of benzene rings is 1. The maximum absolute atomic E-state index is 12.3. The first kappa shape index (κ1) is 13.1. The number of carbonyl (C=O) groups is 1. The Balaban J connectivity index is 1.81. The summed E-state index contributed by atoms with van der Waals surface area (Å²) in [6.07, 6.45) is 1.21. The second-order valence-corrected chi connectivity index (χ2v) is 5.15. The molecule has 5 heteroatoms. The molecule has 3 rings (SSSR count). The van der Waals surface area contributed by atoms with Crippen LogP contribution in [0.3, 0.4) is 0 Å². The Kier molecular flexibility index (Phi) is 3.46. The first-order valence-corrected chi connectivity index (χ1v) is 6.72. The number of carbonyl (C=O) groups excluding carboxylic acids is 1. The fourth-order valence-corrected chi connectivity index (χ4v) is 2.48. The smallest absolute Gasteiger partial charge is 0.287 e. The highest BCUT2D eigenvalue weighted by atomic mass is 16.5. The van der Waals surface area contributed by atoms with Gasteiger partial charge in [-0.25, -0.2) is 0 Å². The van der Waals surface area contributed by atoms with Gasteiger partial charge in [-0.3, -0.25) is 4.79 Å². The number of ether oxygens (including phenoxy) is 1. The molecule has 0 atom stereocenters. The van der Waals surface area contributed by atoms with Crippen LogP contribution in [0.4, 0.5) is 0 Å². The van der Waals surface area contributed by atoms with Crippen molar-refractivity contribution in [1.29, 1.82) is 0 Å². The van der Waals surface area contributed by atoms with E-state index in [1.54, 1.807) is 6.07 Å². The van der Waals surface area contributed by atoms with E-state index in [1.165, 1.54) is 0 Å². The van der Waals surface area contributed by atoms with Crippen molar-refractivity contribution in [2.45, 2.75) is 18.4 Å². The number of para-hydroxylation sites is 1. The highest BCUT2D eigenvalue weighted by Gasteiger charge is 2.34. The molecule has 0 radical (unpaired) electrons. The van der Waals surface area contributed by atoms with E-state index in [9.17, 15) is 9.90 Å². The lowest BCUT2D eigenvalue weighted by molar-refractivity contribution is 0.0120. The molecule has 2 heterocycles. The molecule has 1 saturated heterocycles. The summed E-state index contributed by atoms with van der Waals surface area (Å²) >= 11 is 0. The van der Waals surface area contributed by atoms with Crippen molar-refractivity contribution in [3.05, 3.63) is 36.1 Å². The highest BCUT2D eigenvalue weighted by Crippen LogP contribution is 2.23. The molecular formula is C15H17NO4. The number of aliphatic hydroxyl groups excluding tert-OH is 1. The van der Waals surface area contributed by atoms with Gasteiger partial charge in [0.05, 0.1) is 12.1 Å². The molecule has 0 saturated carbocycles. The largest absolute Gasteiger partial charge is 0.451 e.